The molecule has 224 valence electrons. The predicted octanol–water partition coefficient (Wildman–Crippen LogP) is 7.57. The van der Waals surface area contributed by atoms with Crippen LogP contribution in [0.4, 0.5) is 0 Å². The molecule has 0 radical (unpaired) electrons. The van der Waals surface area contributed by atoms with Crippen LogP contribution in [0.2, 0.25) is 0 Å². The molecule has 1 aromatic heterocycles. The Bertz CT molecular complexity index is 2370. The molecule has 1 heterocycles. The van der Waals surface area contributed by atoms with Gasteiger partial charge in [-0.3, -0.25) is 0 Å². The van der Waals surface area contributed by atoms with Gasteiger partial charge >= 0.3 is 0 Å². The first-order valence-corrected chi connectivity index (χ1v) is 18.0. The third kappa shape index (κ3) is 4.55. The maximum atomic E-state index is 10.7. The fourth-order valence-electron chi connectivity index (χ4n) is 7.38. The van der Waals surface area contributed by atoms with Gasteiger partial charge in [0.05, 0.1) is 34.3 Å². The van der Waals surface area contributed by atoms with E-state index in [0.717, 1.165) is 33.0 Å². The molecule has 0 fully saturated rings. The minimum Gasteiger partial charge on any atom is -0.309 e. The van der Waals surface area contributed by atoms with Gasteiger partial charge in [-0.25, -0.2) is 0 Å². The Morgan fingerprint density at radius 3 is 1.42 bits per heavy atom. The highest BCUT2D eigenvalue weighted by Crippen LogP contribution is 2.34. The number of aromatic nitrogens is 1. The maximum Gasteiger partial charge on any atom is 0.180 e. The van der Waals surface area contributed by atoms with Gasteiger partial charge in [0.15, 0.2) is 8.07 Å². The molecule has 0 amide bonds. The van der Waals surface area contributed by atoms with E-state index in [9.17, 15) is 10.5 Å². The summed E-state index contributed by atoms with van der Waals surface area (Å²) in [5.74, 6) is 0. The molecule has 0 aliphatic rings. The van der Waals surface area contributed by atoms with Crippen LogP contribution in [0.3, 0.4) is 0 Å². The van der Waals surface area contributed by atoms with Crippen LogP contribution in [0.1, 0.15) is 11.1 Å². The van der Waals surface area contributed by atoms with Crippen molar-refractivity contribution in [3.8, 4) is 29.0 Å². The summed E-state index contributed by atoms with van der Waals surface area (Å²) in [6, 6.07) is 66.0. The number of benzene rings is 7. The molecule has 48 heavy (non-hydrogen) atoms. The first kappa shape index (κ1) is 29.0. The van der Waals surface area contributed by atoms with Crippen LogP contribution in [0.25, 0.3) is 38.6 Å². The van der Waals surface area contributed by atoms with E-state index in [2.05, 4.69) is 168 Å². The molecule has 0 saturated heterocycles. The summed E-state index contributed by atoms with van der Waals surface area (Å²) in [6.45, 7) is 0. The van der Waals surface area contributed by atoms with E-state index in [1.54, 1.807) is 6.07 Å². The lowest BCUT2D eigenvalue weighted by Gasteiger charge is -2.35. The number of nitriles is 2. The molecule has 0 aliphatic carbocycles. The molecule has 0 saturated carbocycles. The summed E-state index contributed by atoms with van der Waals surface area (Å²) < 4.78 is 2.29. The van der Waals surface area contributed by atoms with Gasteiger partial charge in [0.1, 0.15) is 0 Å². The maximum absolute atomic E-state index is 10.7. The van der Waals surface area contributed by atoms with Gasteiger partial charge in [-0.15, -0.1) is 0 Å². The molecule has 0 N–H and O–H groups in total. The van der Waals surface area contributed by atoms with Crippen molar-refractivity contribution in [3.05, 3.63) is 187 Å². The minimum atomic E-state index is -3.04. The van der Waals surface area contributed by atoms with Crippen molar-refractivity contribution >= 4 is 50.6 Å². The normalized spacial score (nSPS) is 11.3. The Morgan fingerprint density at radius 2 is 0.917 bits per heavy atom. The Kier molecular flexibility index (Phi) is 7.27. The third-order valence-corrected chi connectivity index (χ3v) is 14.2. The van der Waals surface area contributed by atoms with Crippen molar-refractivity contribution in [1.29, 1.82) is 10.5 Å². The lowest BCUT2D eigenvalue weighted by Crippen LogP contribution is -2.75. The summed E-state index contributed by atoms with van der Waals surface area (Å²) >= 11 is 0. The smallest absolute Gasteiger partial charge is 0.180 e. The second-order valence-corrected chi connectivity index (χ2v) is 15.7. The number of fused-ring (bicyclic) bond motifs is 3. The zero-order valence-corrected chi connectivity index (χ0v) is 27.1. The van der Waals surface area contributed by atoms with Crippen molar-refractivity contribution in [2.45, 2.75) is 0 Å². The Hall–Kier alpha value is -6.46. The molecular weight excluding hydrogens is 599 g/mol. The number of hydrogen-bond donors (Lipinski definition) is 0. The standard InChI is InChI=1S/C44H29N3Si/c45-30-33-27-34(31-46)44(48(36-17-4-1-5-18-36,37-19-6-2-7-20-37)38-21-8-3-9-22-38)29-41(33)32-15-14-16-35(28-32)47-42-25-12-10-23-39(42)40-24-11-13-26-43(40)47/h1-29H. The number of hydrogen-bond acceptors (Lipinski definition) is 2. The number of para-hydroxylation sites is 2. The van der Waals surface area contributed by atoms with Gasteiger partial charge in [0.25, 0.3) is 0 Å². The molecule has 0 unspecified atom stereocenters. The van der Waals surface area contributed by atoms with Gasteiger partial charge < -0.3 is 4.57 Å². The largest absolute Gasteiger partial charge is 0.309 e. The summed E-state index contributed by atoms with van der Waals surface area (Å²) in [6.07, 6.45) is 0. The number of rotatable bonds is 6. The minimum absolute atomic E-state index is 0.478. The molecule has 0 aliphatic heterocycles. The lowest BCUT2D eigenvalue weighted by molar-refractivity contribution is 1.18. The topological polar surface area (TPSA) is 52.5 Å². The van der Waals surface area contributed by atoms with Crippen LogP contribution in [0, 0.1) is 22.7 Å². The fraction of sp³-hybridized carbons (Fsp3) is 0. The lowest BCUT2D eigenvalue weighted by atomic mass is 9.97. The van der Waals surface area contributed by atoms with E-state index in [1.165, 1.54) is 26.3 Å². The molecular formula is C44H29N3Si. The molecule has 4 heteroatoms. The average molecular weight is 628 g/mol. The summed E-state index contributed by atoms with van der Waals surface area (Å²) in [4.78, 5) is 0. The summed E-state index contributed by atoms with van der Waals surface area (Å²) in [5, 5.41) is 28.1. The zero-order chi connectivity index (χ0) is 32.5. The molecule has 0 atom stereocenters. The van der Waals surface area contributed by atoms with E-state index < -0.39 is 8.07 Å². The average Bonchev–Trinajstić information content (AvgIpc) is 3.51. The van der Waals surface area contributed by atoms with Crippen LogP contribution >= 0.6 is 0 Å². The first-order valence-electron chi connectivity index (χ1n) is 16.0. The highest BCUT2D eigenvalue weighted by atomic mass is 28.3. The van der Waals surface area contributed by atoms with Crippen molar-refractivity contribution in [2.24, 2.45) is 0 Å². The number of nitrogens with zero attached hydrogens (tertiary/aromatic N) is 3. The Morgan fingerprint density at radius 1 is 0.438 bits per heavy atom. The molecule has 3 nitrogen and oxygen atoms in total. The van der Waals surface area contributed by atoms with Crippen LogP contribution in [0.15, 0.2) is 176 Å². The summed E-state index contributed by atoms with van der Waals surface area (Å²) in [7, 11) is -3.04. The van der Waals surface area contributed by atoms with Crippen LogP contribution < -0.4 is 20.7 Å². The summed E-state index contributed by atoms with van der Waals surface area (Å²) in [5.41, 5.74) is 6.00. The van der Waals surface area contributed by atoms with Gasteiger partial charge in [-0.1, -0.05) is 146 Å². The van der Waals surface area contributed by atoms with Crippen molar-refractivity contribution in [2.75, 3.05) is 0 Å². The molecule has 8 rings (SSSR count). The highest BCUT2D eigenvalue weighted by molar-refractivity contribution is 7.20. The second kappa shape index (κ2) is 12.0. The van der Waals surface area contributed by atoms with Crippen molar-refractivity contribution < 1.29 is 0 Å². The third-order valence-electron chi connectivity index (χ3n) is 9.42. The highest BCUT2D eigenvalue weighted by Gasteiger charge is 2.43. The van der Waals surface area contributed by atoms with Gasteiger partial charge in [-0.2, -0.15) is 10.5 Å². The monoisotopic (exact) mass is 627 g/mol. The second-order valence-electron chi connectivity index (χ2n) is 11.9. The van der Waals surface area contributed by atoms with E-state index in [4.69, 9.17) is 0 Å². The predicted molar refractivity (Wildman–Crippen MR) is 199 cm³/mol. The molecule has 7 aromatic carbocycles. The van der Waals surface area contributed by atoms with E-state index in [1.807, 2.05) is 18.2 Å². The van der Waals surface area contributed by atoms with E-state index in [0.29, 0.717) is 11.1 Å². The van der Waals surface area contributed by atoms with Crippen LogP contribution in [-0.2, 0) is 0 Å². The Balaban J connectivity index is 1.44. The SMILES string of the molecule is N#Cc1cc(C#N)c([Si](c2ccccc2)(c2ccccc2)c2ccccc2)cc1-c1cccc(-n2c3ccccc3c3ccccc32)c1. The van der Waals surface area contributed by atoms with E-state index >= 15 is 0 Å². The van der Waals surface area contributed by atoms with Crippen LogP contribution in [-0.4, -0.2) is 12.6 Å². The molecule has 0 spiro atoms. The molecule has 8 aromatic rings. The van der Waals surface area contributed by atoms with Crippen LogP contribution in [0.5, 0.6) is 0 Å². The van der Waals surface area contributed by atoms with Gasteiger partial charge in [-0.05, 0) is 62.2 Å². The van der Waals surface area contributed by atoms with E-state index in [-0.39, 0.29) is 0 Å². The first-order chi connectivity index (χ1) is 23.7. The quantitative estimate of drug-likeness (QED) is 0.141. The fourth-order valence-corrected chi connectivity index (χ4v) is 12.3. The Labute approximate surface area is 280 Å². The van der Waals surface area contributed by atoms with Crippen molar-refractivity contribution in [3.63, 3.8) is 0 Å². The van der Waals surface area contributed by atoms with Gasteiger partial charge in [0, 0.05) is 16.5 Å². The van der Waals surface area contributed by atoms with Gasteiger partial charge in [0.2, 0.25) is 0 Å². The zero-order valence-electron chi connectivity index (χ0n) is 26.1. The molecule has 0 bridgehead atoms. The van der Waals surface area contributed by atoms with Crippen molar-refractivity contribution in [1.82, 2.24) is 4.57 Å².